The largest absolute Gasteiger partial charge is 0.236 e. The molecule has 0 N–H and O–H groups in total. The van der Waals surface area contributed by atoms with Crippen molar-refractivity contribution in [2.24, 2.45) is 0 Å². The van der Waals surface area contributed by atoms with Gasteiger partial charge in [0, 0.05) is 5.02 Å². The van der Waals surface area contributed by atoms with Crippen molar-refractivity contribution >= 4 is 11.6 Å². The molecule has 0 saturated heterocycles. The number of rotatable bonds is 1. The second-order valence-electron chi connectivity index (χ2n) is 4.00. The SMILES string of the molecule is Cc1ccc(Cl)cc1-n1nc(C)c(C#N)c1C. The molecule has 0 amide bonds. The zero-order valence-electron chi connectivity index (χ0n) is 9.95. The highest BCUT2D eigenvalue weighted by Gasteiger charge is 2.13. The predicted molar refractivity (Wildman–Crippen MR) is 67.5 cm³/mol. The van der Waals surface area contributed by atoms with E-state index in [2.05, 4.69) is 11.2 Å². The van der Waals surface area contributed by atoms with Crippen LogP contribution in [0.3, 0.4) is 0 Å². The third kappa shape index (κ3) is 1.92. The van der Waals surface area contributed by atoms with Gasteiger partial charge in [-0.15, -0.1) is 0 Å². The Balaban J connectivity index is 2.70. The molecule has 1 aromatic carbocycles. The van der Waals surface area contributed by atoms with E-state index in [-0.39, 0.29) is 0 Å². The fraction of sp³-hybridized carbons (Fsp3) is 0.231. The van der Waals surface area contributed by atoms with Crippen LogP contribution in [-0.4, -0.2) is 9.78 Å². The molecule has 17 heavy (non-hydrogen) atoms. The molecular weight excluding hydrogens is 234 g/mol. The van der Waals surface area contributed by atoms with Crippen LogP contribution < -0.4 is 0 Å². The quantitative estimate of drug-likeness (QED) is 0.773. The molecule has 0 saturated carbocycles. The zero-order valence-corrected chi connectivity index (χ0v) is 10.7. The van der Waals surface area contributed by atoms with Crippen molar-refractivity contribution in [3.8, 4) is 11.8 Å². The van der Waals surface area contributed by atoms with Crippen LogP contribution in [-0.2, 0) is 0 Å². The van der Waals surface area contributed by atoms with Gasteiger partial charge in [-0.3, -0.25) is 0 Å². The van der Waals surface area contributed by atoms with Crippen molar-refractivity contribution in [2.75, 3.05) is 0 Å². The number of hydrogen-bond donors (Lipinski definition) is 0. The van der Waals surface area contributed by atoms with Crippen molar-refractivity contribution in [2.45, 2.75) is 20.8 Å². The van der Waals surface area contributed by atoms with Gasteiger partial charge in [0.2, 0.25) is 0 Å². The maximum Gasteiger partial charge on any atom is 0.103 e. The van der Waals surface area contributed by atoms with Crippen molar-refractivity contribution in [3.63, 3.8) is 0 Å². The molecule has 2 aromatic rings. The third-order valence-electron chi connectivity index (χ3n) is 2.80. The van der Waals surface area contributed by atoms with Gasteiger partial charge in [-0.2, -0.15) is 10.4 Å². The molecular formula is C13H12ClN3. The normalized spacial score (nSPS) is 10.3. The van der Waals surface area contributed by atoms with Gasteiger partial charge in [0.1, 0.15) is 6.07 Å². The van der Waals surface area contributed by atoms with Crippen LogP contribution in [0.4, 0.5) is 0 Å². The molecule has 2 rings (SSSR count). The highest BCUT2D eigenvalue weighted by Crippen LogP contribution is 2.22. The molecule has 1 heterocycles. The Hall–Kier alpha value is -1.79. The van der Waals surface area contributed by atoms with Crippen LogP contribution >= 0.6 is 11.6 Å². The van der Waals surface area contributed by atoms with Crippen LogP contribution in [0.25, 0.3) is 5.69 Å². The van der Waals surface area contributed by atoms with Gasteiger partial charge in [0.25, 0.3) is 0 Å². The second-order valence-corrected chi connectivity index (χ2v) is 4.44. The molecule has 3 nitrogen and oxygen atoms in total. The van der Waals surface area contributed by atoms with Crippen LogP contribution in [0.15, 0.2) is 18.2 Å². The fourth-order valence-electron chi connectivity index (χ4n) is 1.85. The Morgan fingerprint density at radius 3 is 2.59 bits per heavy atom. The lowest BCUT2D eigenvalue weighted by atomic mass is 10.2. The van der Waals surface area contributed by atoms with E-state index in [0.29, 0.717) is 10.6 Å². The summed E-state index contributed by atoms with van der Waals surface area (Å²) in [6, 6.07) is 7.82. The summed E-state index contributed by atoms with van der Waals surface area (Å²) in [7, 11) is 0. The monoisotopic (exact) mass is 245 g/mol. The predicted octanol–water partition coefficient (Wildman–Crippen LogP) is 3.32. The Morgan fingerprint density at radius 1 is 1.29 bits per heavy atom. The van der Waals surface area contributed by atoms with Gasteiger partial charge < -0.3 is 0 Å². The molecule has 0 unspecified atom stereocenters. The summed E-state index contributed by atoms with van der Waals surface area (Å²) in [6.45, 7) is 5.72. The van der Waals surface area contributed by atoms with E-state index in [9.17, 15) is 0 Å². The Labute approximate surface area is 105 Å². The lowest BCUT2D eigenvalue weighted by Gasteiger charge is -2.08. The first-order valence-corrected chi connectivity index (χ1v) is 5.65. The van der Waals surface area contributed by atoms with E-state index in [1.165, 1.54) is 0 Å². The minimum absolute atomic E-state index is 0.629. The lowest BCUT2D eigenvalue weighted by Crippen LogP contribution is -2.01. The van der Waals surface area contributed by atoms with Crippen LogP contribution in [0.2, 0.25) is 5.02 Å². The minimum atomic E-state index is 0.629. The van der Waals surface area contributed by atoms with E-state index < -0.39 is 0 Å². The molecule has 0 fully saturated rings. The summed E-state index contributed by atoms with van der Waals surface area (Å²) in [5, 5.41) is 14.1. The number of nitriles is 1. The topological polar surface area (TPSA) is 41.6 Å². The van der Waals surface area contributed by atoms with E-state index in [1.54, 1.807) is 4.68 Å². The van der Waals surface area contributed by atoms with E-state index >= 15 is 0 Å². The fourth-order valence-corrected chi connectivity index (χ4v) is 2.02. The molecule has 0 aliphatic carbocycles. The number of aromatic nitrogens is 2. The summed E-state index contributed by atoms with van der Waals surface area (Å²) in [5.74, 6) is 0. The van der Waals surface area contributed by atoms with Gasteiger partial charge in [0.15, 0.2) is 0 Å². The number of hydrogen-bond acceptors (Lipinski definition) is 2. The Kier molecular flexibility index (Phi) is 2.91. The summed E-state index contributed by atoms with van der Waals surface area (Å²) in [4.78, 5) is 0. The molecule has 4 heteroatoms. The van der Waals surface area contributed by atoms with Crippen molar-refractivity contribution in [1.82, 2.24) is 9.78 Å². The molecule has 0 bridgehead atoms. The smallest absolute Gasteiger partial charge is 0.103 e. The zero-order chi connectivity index (χ0) is 12.6. The first kappa shape index (κ1) is 11.7. The Morgan fingerprint density at radius 2 is 2.00 bits per heavy atom. The number of nitrogens with zero attached hydrogens (tertiary/aromatic N) is 3. The highest BCUT2D eigenvalue weighted by molar-refractivity contribution is 6.30. The van der Waals surface area contributed by atoms with Crippen LogP contribution in [0.1, 0.15) is 22.5 Å². The van der Waals surface area contributed by atoms with Gasteiger partial charge in [-0.05, 0) is 38.5 Å². The van der Waals surface area contributed by atoms with Gasteiger partial charge in [-0.1, -0.05) is 17.7 Å². The van der Waals surface area contributed by atoms with Crippen LogP contribution in [0.5, 0.6) is 0 Å². The average Bonchev–Trinajstić information content (AvgIpc) is 2.57. The highest BCUT2D eigenvalue weighted by atomic mass is 35.5. The summed E-state index contributed by atoms with van der Waals surface area (Å²) >= 11 is 5.99. The second kappa shape index (κ2) is 4.23. The lowest BCUT2D eigenvalue weighted by molar-refractivity contribution is 0.827. The molecule has 0 aliphatic heterocycles. The Bertz CT molecular complexity index is 620. The van der Waals surface area contributed by atoms with E-state index in [0.717, 1.165) is 22.6 Å². The standard InChI is InChI=1S/C13H12ClN3/c1-8-4-5-11(14)6-13(8)17-10(3)12(7-15)9(2)16-17/h4-6H,1-3H3. The summed E-state index contributed by atoms with van der Waals surface area (Å²) in [5.41, 5.74) is 4.20. The van der Waals surface area contributed by atoms with Gasteiger partial charge in [0.05, 0.1) is 22.6 Å². The van der Waals surface area contributed by atoms with E-state index in [4.69, 9.17) is 16.9 Å². The number of benzene rings is 1. The van der Waals surface area contributed by atoms with Crippen LogP contribution in [0, 0.1) is 32.1 Å². The van der Waals surface area contributed by atoms with Crippen molar-refractivity contribution in [3.05, 3.63) is 45.7 Å². The first-order chi connectivity index (χ1) is 8.04. The van der Waals surface area contributed by atoms with E-state index in [1.807, 2.05) is 39.0 Å². The molecule has 1 aromatic heterocycles. The number of halogens is 1. The minimum Gasteiger partial charge on any atom is -0.236 e. The average molecular weight is 246 g/mol. The van der Waals surface area contributed by atoms with Crippen molar-refractivity contribution < 1.29 is 0 Å². The molecule has 86 valence electrons. The molecule has 0 spiro atoms. The first-order valence-electron chi connectivity index (χ1n) is 5.27. The van der Waals surface area contributed by atoms with Gasteiger partial charge in [-0.25, -0.2) is 4.68 Å². The summed E-state index contributed by atoms with van der Waals surface area (Å²) < 4.78 is 1.77. The third-order valence-corrected chi connectivity index (χ3v) is 3.04. The molecule has 0 atom stereocenters. The maximum absolute atomic E-state index is 9.05. The molecule has 0 aliphatic rings. The van der Waals surface area contributed by atoms with Crippen molar-refractivity contribution in [1.29, 1.82) is 5.26 Å². The number of aryl methyl sites for hydroxylation is 2. The summed E-state index contributed by atoms with van der Waals surface area (Å²) in [6.07, 6.45) is 0. The maximum atomic E-state index is 9.05. The molecule has 0 radical (unpaired) electrons. The van der Waals surface area contributed by atoms with Gasteiger partial charge >= 0.3 is 0 Å².